The molecule has 0 aromatic heterocycles. The molecule has 3 aliphatic rings. The van der Waals surface area contributed by atoms with Gasteiger partial charge in [-0.3, -0.25) is 9.69 Å². The number of hydrogen-bond acceptors (Lipinski definition) is 5. The van der Waals surface area contributed by atoms with E-state index in [-0.39, 0.29) is 11.9 Å². The number of likely N-dealkylation sites (tertiary alicyclic amines) is 1. The third kappa shape index (κ3) is 3.18. The first-order valence-electron chi connectivity index (χ1n) is 9.85. The molecule has 0 radical (unpaired) electrons. The van der Waals surface area contributed by atoms with Crippen molar-refractivity contribution in [2.75, 3.05) is 32.9 Å². The molecule has 1 spiro atoms. The van der Waals surface area contributed by atoms with Crippen molar-refractivity contribution in [3.8, 4) is 11.5 Å². The molecule has 4 rings (SSSR count). The van der Waals surface area contributed by atoms with E-state index in [1.807, 2.05) is 24.0 Å². The summed E-state index contributed by atoms with van der Waals surface area (Å²) in [6, 6.07) is 3.92. The molecule has 0 unspecified atom stereocenters. The van der Waals surface area contributed by atoms with Gasteiger partial charge < -0.3 is 19.1 Å². The van der Waals surface area contributed by atoms with E-state index in [2.05, 4.69) is 11.8 Å². The highest BCUT2D eigenvalue weighted by atomic mass is 35.5. The maximum absolute atomic E-state index is 12.4. The zero-order chi connectivity index (χ0) is 19.0. The van der Waals surface area contributed by atoms with Crippen molar-refractivity contribution in [3.05, 3.63) is 22.7 Å². The summed E-state index contributed by atoms with van der Waals surface area (Å²) in [5, 5.41) is 0.666. The van der Waals surface area contributed by atoms with Gasteiger partial charge in [0.2, 0.25) is 5.91 Å². The normalized spacial score (nSPS) is 27.1. The van der Waals surface area contributed by atoms with E-state index < -0.39 is 5.72 Å². The predicted octanol–water partition coefficient (Wildman–Crippen LogP) is 3.06. The van der Waals surface area contributed by atoms with Crippen LogP contribution in [0.4, 0.5) is 0 Å². The van der Waals surface area contributed by atoms with Crippen LogP contribution in [-0.4, -0.2) is 60.4 Å². The van der Waals surface area contributed by atoms with Crippen LogP contribution in [0.1, 0.15) is 38.7 Å². The molecule has 0 bridgehead atoms. The average molecular weight is 395 g/mol. The van der Waals surface area contributed by atoms with Crippen molar-refractivity contribution >= 4 is 17.5 Å². The second-order valence-electron chi connectivity index (χ2n) is 7.35. The SMILES string of the molecule is CCCOc1cc(Cl)c(CN2CC[C@@]34OCCN3C(=O)C[C@@H]24)cc1OCC. The Bertz CT molecular complexity index is 728. The zero-order valence-electron chi connectivity index (χ0n) is 16.0. The fourth-order valence-electron chi connectivity index (χ4n) is 4.58. The average Bonchev–Trinajstić information content (AvgIpc) is 3.29. The number of carbonyl (C=O) groups is 1. The van der Waals surface area contributed by atoms with E-state index in [9.17, 15) is 4.79 Å². The van der Waals surface area contributed by atoms with Crippen molar-refractivity contribution < 1.29 is 19.0 Å². The van der Waals surface area contributed by atoms with E-state index in [1.165, 1.54) is 0 Å². The standard InChI is InChI=1S/C20H27ClN2O4/c1-3-8-26-17-11-15(21)14(10-16(17)25-4-2)13-22-6-5-20-18(22)12-19(24)23(20)7-9-27-20/h10-11,18H,3-9,12-13H2,1-2H3/t18-,20+/m1/s1. The molecule has 27 heavy (non-hydrogen) atoms. The van der Waals surface area contributed by atoms with Crippen molar-refractivity contribution in [1.82, 2.24) is 9.80 Å². The molecule has 3 heterocycles. The molecular formula is C20H27ClN2O4. The Balaban J connectivity index is 1.56. The number of benzene rings is 1. The van der Waals surface area contributed by atoms with Gasteiger partial charge in [0.15, 0.2) is 17.2 Å². The number of amides is 1. The molecule has 1 aromatic carbocycles. The lowest BCUT2D eigenvalue weighted by Crippen LogP contribution is -2.47. The van der Waals surface area contributed by atoms with E-state index >= 15 is 0 Å². The number of carbonyl (C=O) groups excluding carboxylic acids is 1. The zero-order valence-corrected chi connectivity index (χ0v) is 16.8. The summed E-state index contributed by atoms with van der Waals surface area (Å²) in [6.45, 7) is 8.12. The number of rotatable bonds is 7. The van der Waals surface area contributed by atoms with Crippen LogP contribution in [0.2, 0.25) is 5.02 Å². The quantitative estimate of drug-likeness (QED) is 0.711. The van der Waals surface area contributed by atoms with Gasteiger partial charge in [-0.15, -0.1) is 0 Å². The summed E-state index contributed by atoms with van der Waals surface area (Å²) in [5.41, 5.74) is 0.571. The summed E-state index contributed by atoms with van der Waals surface area (Å²) in [5.74, 6) is 1.61. The molecule has 0 aliphatic carbocycles. The molecule has 0 N–H and O–H groups in total. The smallest absolute Gasteiger partial charge is 0.226 e. The fraction of sp³-hybridized carbons (Fsp3) is 0.650. The van der Waals surface area contributed by atoms with Crippen LogP contribution >= 0.6 is 11.6 Å². The molecule has 1 aromatic rings. The lowest BCUT2D eigenvalue weighted by molar-refractivity contribution is -0.136. The van der Waals surface area contributed by atoms with E-state index in [4.69, 9.17) is 25.8 Å². The third-order valence-electron chi connectivity index (χ3n) is 5.76. The van der Waals surface area contributed by atoms with Crippen LogP contribution in [0.5, 0.6) is 11.5 Å². The maximum Gasteiger partial charge on any atom is 0.226 e. The van der Waals surface area contributed by atoms with Crippen molar-refractivity contribution in [3.63, 3.8) is 0 Å². The largest absolute Gasteiger partial charge is 0.490 e. The molecule has 148 valence electrons. The first kappa shape index (κ1) is 18.8. The molecule has 7 heteroatoms. The summed E-state index contributed by atoms with van der Waals surface area (Å²) >= 11 is 6.57. The van der Waals surface area contributed by atoms with Gasteiger partial charge in [0, 0.05) is 43.6 Å². The van der Waals surface area contributed by atoms with Gasteiger partial charge in [0.25, 0.3) is 0 Å². The number of hydrogen-bond donors (Lipinski definition) is 0. The van der Waals surface area contributed by atoms with Crippen LogP contribution in [0, 0.1) is 0 Å². The van der Waals surface area contributed by atoms with Gasteiger partial charge >= 0.3 is 0 Å². The number of halogens is 1. The Kier molecular flexibility index (Phi) is 5.23. The summed E-state index contributed by atoms with van der Waals surface area (Å²) in [4.78, 5) is 16.6. The Labute approximate surface area is 165 Å². The molecule has 2 atom stereocenters. The number of nitrogens with zero attached hydrogens (tertiary/aromatic N) is 2. The number of ether oxygens (including phenoxy) is 3. The van der Waals surface area contributed by atoms with Gasteiger partial charge in [-0.1, -0.05) is 18.5 Å². The third-order valence-corrected chi connectivity index (χ3v) is 6.11. The van der Waals surface area contributed by atoms with Crippen molar-refractivity contribution in [2.24, 2.45) is 0 Å². The van der Waals surface area contributed by atoms with Crippen LogP contribution in [0.25, 0.3) is 0 Å². The van der Waals surface area contributed by atoms with Gasteiger partial charge in [-0.25, -0.2) is 0 Å². The second kappa shape index (κ2) is 7.49. The predicted molar refractivity (Wildman–Crippen MR) is 102 cm³/mol. The van der Waals surface area contributed by atoms with Crippen molar-refractivity contribution in [1.29, 1.82) is 0 Å². The first-order chi connectivity index (χ1) is 13.1. The molecule has 3 fully saturated rings. The van der Waals surface area contributed by atoms with Crippen LogP contribution in [-0.2, 0) is 16.1 Å². The minimum Gasteiger partial charge on any atom is -0.490 e. The highest BCUT2D eigenvalue weighted by molar-refractivity contribution is 6.31. The first-order valence-corrected chi connectivity index (χ1v) is 10.2. The minimum atomic E-state index is -0.420. The Hall–Kier alpha value is -1.50. The van der Waals surface area contributed by atoms with Gasteiger partial charge in [0.05, 0.1) is 25.9 Å². The molecular weight excluding hydrogens is 368 g/mol. The van der Waals surface area contributed by atoms with Gasteiger partial charge in [0.1, 0.15) is 0 Å². The van der Waals surface area contributed by atoms with E-state index in [1.54, 1.807) is 0 Å². The molecule has 3 aliphatic heterocycles. The Morgan fingerprint density at radius 2 is 2.07 bits per heavy atom. The second-order valence-corrected chi connectivity index (χ2v) is 7.76. The Morgan fingerprint density at radius 3 is 2.85 bits per heavy atom. The summed E-state index contributed by atoms with van der Waals surface area (Å²) < 4.78 is 17.6. The van der Waals surface area contributed by atoms with Gasteiger partial charge in [-0.2, -0.15) is 0 Å². The van der Waals surface area contributed by atoms with Crippen LogP contribution in [0.15, 0.2) is 12.1 Å². The minimum absolute atomic E-state index is 0.0927. The lowest BCUT2D eigenvalue weighted by Gasteiger charge is -2.32. The lowest BCUT2D eigenvalue weighted by atomic mass is 10.1. The van der Waals surface area contributed by atoms with Crippen LogP contribution in [0.3, 0.4) is 0 Å². The monoisotopic (exact) mass is 394 g/mol. The fourth-order valence-corrected chi connectivity index (χ4v) is 4.79. The molecule has 3 saturated heterocycles. The summed E-state index contributed by atoms with van der Waals surface area (Å²) in [7, 11) is 0. The topological polar surface area (TPSA) is 51.2 Å². The molecule has 6 nitrogen and oxygen atoms in total. The molecule has 0 saturated carbocycles. The van der Waals surface area contributed by atoms with Crippen LogP contribution < -0.4 is 9.47 Å². The highest BCUT2D eigenvalue weighted by Gasteiger charge is 2.61. The molecule has 1 amide bonds. The van der Waals surface area contributed by atoms with E-state index in [0.29, 0.717) is 50.1 Å². The van der Waals surface area contributed by atoms with Gasteiger partial charge in [-0.05, 0) is 25.0 Å². The van der Waals surface area contributed by atoms with Crippen molar-refractivity contribution in [2.45, 2.75) is 51.4 Å². The van der Waals surface area contributed by atoms with E-state index in [0.717, 1.165) is 30.7 Å². The maximum atomic E-state index is 12.4. The highest BCUT2D eigenvalue weighted by Crippen LogP contribution is 2.46. The summed E-state index contributed by atoms with van der Waals surface area (Å²) in [6.07, 6.45) is 2.30. The Morgan fingerprint density at radius 1 is 1.26 bits per heavy atom.